The first-order valence-electron chi connectivity index (χ1n) is 9.70. The van der Waals surface area contributed by atoms with Crippen molar-refractivity contribution < 1.29 is 28.2 Å². The van der Waals surface area contributed by atoms with Crippen LogP contribution in [0, 0.1) is 5.82 Å². The molecule has 1 saturated heterocycles. The molecule has 1 fully saturated rings. The number of piperazine rings is 1. The quantitative estimate of drug-likeness (QED) is 0.436. The van der Waals surface area contributed by atoms with Crippen LogP contribution < -0.4 is 9.64 Å². The minimum absolute atomic E-state index is 0.197. The Balaban J connectivity index is 1.42. The zero-order valence-electron chi connectivity index (χ0n) is 17.0. The van der Waals surface area contributed by atoms with E-state index in [1.807, 2.05) is 4.90 Å². The number of hydrogen-bond acceptors (Lipinski definition) is 6. The summed E-state index contributed by atoms with van der Waals surface area (Å²) in [5.74, 6) is -1.09. The molecule has 1 heterocycles. The van der Waals surface area contributed by atoms with E-state index >= 15 is 0 Å². The van der Waals surface area contributed by atoms with Crippen LogP contribution in [-0.4, -0.2) is 62.0 Å². The van der Waals surface area contributed by atoms with Crippen molar-refractivity contribution in [3.05, 3.63) is 58.3 Å². The van der Waals surface area contributed by atoms with E-state index in [-0.39, 0.29) is 24.9 Å². The lowest BCUT2D eigenvalue weighted by molar-refractivity contribution is -0.153. The molecule has 9 heteroatoms. The molecule has 0 aliphatic carbocycles. The molecule has 0 spiro atoms. The smallest absolute Gasteiger partial charge is 0.344 e. The van der Waals surface area contributed by atoms with Crippen LogP contribution in [0.5, 0.6) is 5.75 Å². The highest BCUT2D eigenvalue weighted by atomic mass is 79.9. The number of rotatable bonds is 7. The van der Waals surface area contributed by atoms with Crippen molar-refractivity contribution in [3.8, 4) is 5.75 Å². The predicted molar refractivity (Wildman–Crippen MR) is 116 cm³/mol. The minimum atomic E-state index is -0.637. The second-order valence-electron chi connectivity index (χ2n) is 6.99. The van der Waals surface area contributed by atoms with E-state index in [2.05, 4.69) is 15.9 Å². The Bertz CT molecular complexity index is 959. The summed E-state index contributed by atoms with van der Waals surface area (Å²) in [7, 11) is 0. The number of carbonyl (C=O) groups is 3. The highest BCUT2D eigenvalue weighted by Crippen LogP contribution is 2.22. The Labute approximate surface area is 187 Å². The molecule has 31 heavy (non-hydrogen) atoms. The van der Waals surface area contributed by atoms with Gasteiger partial charge in [0.05, 0.1) is 5.69 Å². The largest absolute Gasteiger partial charge is 0.482 e. The molecular weight excluding hydrogens is 471 g/mol. The number of hydrogen-bond donors (Lipinski definition) is 0. The maximum atomic E-state index is 14.3. The number of nitrogens with zero attached hydrogens (tertiary/aromatic N) is 2. The van der Waals surface area contributed by atoms with E-state index in [4.69, 9.17) is 9.47 Å². The average Bonchev–Trinajstić information content (AvgIpc) is 2.77. The molecule has 3 rings (SSSR count). The van der Waals surface area contributed by atoms with Gasteiger partial charge in [-0.1, -0.05) is 15.9 Å². The van der Waals surface area contributed by atoms with Gasteiger partial charge in [0.1, 0.15) is 11.6 Å². The number of carbonyl (C=O) groups excluding carboxylic acids is 3. The van der Waals surface area contributed by atoms with Crippen LogP contribution in [0.25, 0.3) is 0 Å². The fraction of sp³-hybridized carbons (Fsp3) is 0.318. The van der Waals surface area contributed by atoms with Gasteiger partial charge in [0.2, 0.25) is 0 Å². The van der Waals surface area contributed by atoms with Crippen LogP contribution in [0.3, 0.4) is 0 Å². The van der Waals surface area contributed by atoms with Gasteiger partial charge in [-0.3, -0.25) is 9.59 Å². The van der Waals surface area contributed by atoms with Crippen molar-refractivity contribution in [1.82, 2.24) is 4.90 Å². The van der Waals surface area contributed by atoms with Crippen LogP contribution >= 0.6 is 15.9 Å². The van der Waals surface area contributed by atoms with Crippen molar-refractivity contribution in [1.29, 1.82) is 0 Å². The molecule has 0 atom stereocenters. The molecule has 7 nitrogen and oxygen atoms in total. The summed E-state index contributed by atoms with van der Waals surface area (Å²) in [5.41, 5.74) is 0.717. The first-order chi connectivity index (χ1) is 14.8. The van der Waals surface area contributed by atoms with Crippen LogP contribution in [0.4, 0.5) is 10.1 Å². The molecule has 1 amide bonds. The van der Waals surface area contributed by atoms with Crippen molar-refractivity contribution in [2.75, 3.05) is 44.3 Å². The summed E-state index contributed by atoms with van der Waals surface area (Å²) < 4.78 is 25.5. The van der Waals surface area contributed by atoms with Gasteiger partial charge < -0.3 is 19.3 Å². The normalized spacial score (nSPS) is 13.6. The summed E-state index contributed by atoms with van der Waals surface area (Å²) in [6.45, 7) is 2.34. The molecule has 0 saturated carbocycles. The Morgan fingerprint density at radius 3 is 2.29 bits per heavy atom. The number of amides is 1. The lowest BCUT2D eigenvalue weighted by atomic mass is 10.1. The molecule has 2 aromatic rings. The molecule has 0 unspecified atom stereocenters. The van der Waals surface area contributed by atoms with Gasteiger partial charge in [-0.2, -0.15) is 0 Å². The first-order valence-corrected chi connectivity index (χ1v) is 10.5. The van der Waals surface area contributed by atoms with E-state index in [0.29, 0.717) is 43.2 Å². The third-order valence-electron chi connectivity index (χ3n) is 4.85. The summed E-state index contributed by atoms with van der Waals surface area (Å²) in [6.07, 6.45) is 0. The molecule has 164 valence electrons. The van der Waals surface area contributed by atoms with E-state index in [1.165, 1.54) is 13.0 Å². The molecule has 1 aliphatic heterocycles. The third-order valence-corrected chi connectivity index (χ3v) is 5.38. The third kappa shape index (κ3) is 6.27. The SMILES string of the molecule is CC(=O)c1ccc(N2CCN(C(=O)COC(=O)COc3ccc(Br)cc3)CC2)c(F)c1. The molecular formula is C22H22BrFN2O5. The number of ketones is 1. The van der Waals surface area contributed by atoms with Crippen molar-refractivity contribution in [2.24, 2.45) is 0 Å². The van der Waals surface area contributed by atoms with Crippen LogP contribution in [0.15, 0.2) is 46.9 Å². The number of halogens is 2. The van der Waals surface area contributed by atoms with Gasteiger partial charge in [-0.15, -0.1) is 0 Å². The van der Waals surface area contributed by atoms with Gasteiger partial charge in [-0.05, 0) is 49.4 Å². The van der Waals surface area contributed by atoms with E-state index < -0.39 is 11.8 Å². The van der Waals surface area contributed by atoms with Crippen LogP contribution in [-0.2, 0) is 14.3 Å². The second-order valence-corrected chi connectivity index (χ2v) is 7.91. The van der Waals surface area contributed by atoms with E-state index in [9.17, 15) is 18.8 Å². The Hall–Kier alpha value is -2.94. The number of benzene rings is 2. The molecule has 0 radical (unpaired) electrons. The molecule has 2 aromatic carbocycles. The lowest BCUT2D eigenvalue weighted by Gasteiger charge is -2.36. The number of anilines is 1. The molecule has 1 aliphatic rings. The second kappa shape index (κ2) is 10.4. The topological polar surface area (TPSA) is 76.2 Å². The van der Waals surface area contributed by atoms with Gasteiger partial charge in [0, 0.05) is 36.2 Å². The zero-order valence-corrected chi connectivity index (χ0v) is 18.6. The maximum absolute atomic E-state index is 14.3. The van der Waals surface area contributed by atoms with Gasteiger partial charge >= 0.3 is 5.97 Å². The van der Waals surface area contributed by atoms with Gasteiger partial charge in [-0.25, -0.2) is 9.18 Å². The molecule has 0 bridgehead atoms. The summed E-state index contributed by atoms with van der Waals surface area (Å²) >= 11 is 3.31. The molecule has 0 aromatic heterocycles. The fourth-order valence-electron chi connectivity index (χ4n) is 3.13. The summed E-state index contributed by atoms with van der Waals surface area (Å²) in [6, 6.07) is 11.4. The number of ether oxygens (including phenoxy) is 2. The Kier molecular flexibility index (Phi) is 7.62. The highest BCUT2D eigenvalue weighted by molar-refractivity contribution is 9.10. The van der Waals surface area contributed by atoms with Gasteiger partial charge in [0.25, 0.3) is 5.91 Å². The first kappa shape index (κ1) is 22.7. The number of esters is 1. The van der Waals surface area contributed by atoms with Crippen molar-refractivity contribution in [2.45, 2.75) is 6.92 Å². The van der Waals surface area contributed by atoms with E-state index in [0.717, 1.165) is 4.47 Å². The number of Topliss-reactive ketones (excluding diaryl/α,β-unsaturated/α-hetero) is 1. The molecule has 0 N–H and O–H groups in total. The Morgan fingerprint density at radius 2 is 1.68 bits per heavy atom. The van der Waals surface area contributed by atoms with Crippen molar-refractivity contribution >= 4 is 39.3 Å². The van der Waals surface area contributed by atoms with E-state index in [1.54, 1.807) is 41.3 Å². The average molecular weight is 493 g/mol. The van der Waals surface area contributed by atoms with Crippen LogP contribution in [0.2, 0.25) is 0 Å². The summed E-state index contributed by atoms with van der Waals surface area (Å²) in [5, 5.41) is 0. The highest BCUT2D eigenvalue weighted by Gasteiger charge is 2.24. The fourth-order valence-corrected chi connectivity index (χ4v) is 3.39. The monoisotopic (exact) mass is 492 g/mol. The lowest BCUT2D eigenvalue weighted by Crippen LogP contribution is -2.50. The Morgan fingerprint density at radius 1 is 1.00 bits per heavy atom. The zero-order chi connectivity index (χ0) is 22.4. The van der Waals surface area contributed by atoms with Crippen LogP contribution in [0.1, 0.15) is 17.3 Å². The van der Waals surface area contributed by atoms with Gasteiger partial charge in [0.15, 0.2) is 19.0 Å². The van der Waals surface area contributed by atoms with Crippen molar-refractivity contribution in [3.63, 3.8) is 0 Å². The maximum Gasteiger partial charge on any atom is 0.344 e. The standard InChI is InChI=1S/C22H22BrFN2O5/c1-15(27)16-2-7-20(19(24)12-16)25-8-10-26(11-9-25)21(28)13-31-22(29)14-30-18-5-3-17(23)4-6-18/h2-7,12H,8-11,13-14H2,1H3. The summed E-state index contributed by atoms with van der Waals surface area (Å²) in [4.78, 5) is 38.9. The minimum Gasteiger partial charge on any atom is -0.482 e. The predicted octanol–water partition coefficient (Wildman–Crippen LogP) is 3.06.